The maximum Gasteiger partial charge on any atom is 0.242 e. The molecule has 7 heteroatoms. The van der Waals surface area contributed by atoms with E-state index in [0.29, 0.717) is 16.3 Å². The number of benzene rings is 3. The number of aryl methyl sites for hydroxylation is 1. The molecule has 0 radical (unpaired) electrons. The lowest BCUT2D eigenvalue weighted by Gasteiger charge is -2.13. The lowest BCUT2D eigenvalue weighted by molar-refractivity contribution is 0.520. The van der Waals surface area contributed by atoms with Crippen molar-refractivity contribution in [1.82, 2.24) is 9.29 Å². The van der Waals surface area contributed by atoms with Gasteiger partial charge in [-0.05, 0) is 66.1 Å². The molecule has 0 aliphatic rings. The molecule has 3 aromatic carbocycles. The van der Waals surface area contributed by atoms with Gasteiger partial charge in [-0.25, -0.2) is 17.1 Å². The Hall–Kier alpha value is -2.67. The Morgan fingerprint density at radius 1 is 1.00 bits per heavy atom. The first-order valence-electron chi connectivity index (χ1n) is 9.29. The molecule has 0 fully saturated rings. The molecule has 154 valence electrons. The van der Waals surface area contributed by atoms with E-state index in [9.17, 15) is 12.8 Å². The summed E-state index contributed by atoms with van der Waals surface area (Å²) in [5.74, 6) is -0.386. The van der Waals surface area contributed by atoms with Gasteiger partial charge in [-0.3, -0.25) is 0 Å². The predicted octanol–water partition coefficient (Wildman–Crippen LogP) is 5.85. The third-order valence-electron chi connectivity index (χ3n) is 5.14. The first kappa shape index (κ1) is 20.6. The number of nitrogens with zero attached hydrogens (tertiary/aromatic N) is 1. The Morgan fingerprint density at radius 2 is 1.77 bits per heavy atom. The second-order valence-corrected chi connectivity index (χ2v) is 9.90. The number of nitrogens with one attached hydrogen (secondary N) is 1. The molecule has 0 amide bonds. The largest absolute Gasteiger partial charge is 0.354 e. The summed E-state index contributed by atoms with van der Waals surface area (Å²) >= 11 is 6.20. The smallest absolute Gasteiger partial charge is 0.242 e. The van der Waals surface area contributed by atoms with Crippen molar-refractivity contribution in [1.29, 1.82) is 0 Å². The minimum atomic E-state index is -3.49. The number of halogens is 2. The standard InChI is InChI=1S/C23H20ClFN2O2S/c1-14-11-17(30(28,29)27(2)3)8-9-18(14)15-7-10-21-16(12-15)13-22(26-21)23-19(24)5-4-6-20(23)25/h4-13,26H,1-3H3. The molecule has 4 aromatic rings. The molecule has 0 unspecified atom stereocenters. The van der Waals surface area contributed by atoms with E-state index < -0.39 is 10.0 Å². The van der Waals surface area contributed by atoms with E-state index >= 15 is 0 Å². The molecule has 0 spiro atoms. The summed E-state index contributed by atoms with van der Waals surface area (Å²) in [6.07, 6.45) is 0. The summed E-state index contributed by atoms with van der Waals surface area (Å²) in [5, 5.41) is 1.25. The quantitative estimate of drug-likeness (QED) is 0.430. The van der Waals surface area contributed by atoms with Crippen LogP contribution < -0.4 is 0 Å². The highest BCUT2D eigenvalue weighted by molar-refractivity contribution is 7.89. The Bertz CT molecular complexity index is 1360. The van der Waals surface area contributed by atoms with Crippen molar-refractivity contribution in [2.75, 3.05) is 14.1 Å². The number of aromatic nitrogens is 1. The summed E-state index contributed by atoms with van der Waals surface area (Å²) in [7, 11) is -0.465. The van der Waals surface area contributed by atoms with Gasteiger partial charge in [0.15, 0.2) is 0 Å². The molecule has 0 saturated heterocycles. The second-order valence-electron chi connectivity index (χ2n) is 7.35. The minimum absolute atomic E-state index is 0.257. The summed E-state index contributed by atoms with van der Waals surface area (Å²) in [5.41, 5.74) is 4.53. The molecule has 0 saturated carbocycles. The molecule has 4 nitrogen and oxygen atoms in total. The maximum atomic E-state index is 14.3. The van der Waals surface area contributed by atoms with E-state index in [1.165, 1.54) is 24.5 Å². The van der Waals surface area contributed by atoms with E-state index in [2.05, 4.69) is 4.98 Å². The van der Waals surface area contributed by atoms with Crippen LogP contribution in [0.1, 0.15) is 5.56 Å². The Morgan fingerprint density at radius 3 is 2.43 bits per heavy atom. The van der Waals surface area contributed by atoms with Crippen molar-refractivity contribution in [3.8, 4) is 22.4 Å². The SMILES string of the molecule is Cc1cc(S(=O)(=O)N(C)C)ccc1-c1ccc2[nH]c(-c3c(F)cccc3Cl)cc2c1. The van der Waals surface area contributed by atoms with Crippen LogP contribution in [-0.2, 0) is 10.0 Å². The number of sulfonamides is 1. The van der Waals surface area contributed by atoms with Crippen LogP contribution >= 0.6 is 11.6 Å². The molecule has 0 atom stereocenters. The first-order chi connectivity index (χ1) is 14.2. The fourth-order valence-electron chi connectivity index (χ4n) is 3.52. The van der Waals surface area contributed by atoms with Crippen molar-refractivity contribution >= 4 is 32.5 Å². The van der Waals surface area contributed by atoms with Crippen LogP contribution in [0.5, 0.6) is 0 Å². The highest BCUT2D eigenvalue weighted by Crippen LogP contribution is 2.34. The van der Waals surface area contributed by atoms with Crippen LogP contribution in [0.25, 0.3) is 33.3 Å². The zero-order valence-corrected chi connectivity index (χ0v) is 18.3. The average molecular weight is 443 g/mol. The van der Waals surface area contributed by atoms with Crippen LogP contribution in [0.3, 0.4) is 0 Å². The number of hydrogen-bond acceptors (Lipinski definition) is 2. The molecule has 4 rings (SSSR count). The summed E-state index contributed by atoms with van der Waals surface area (Å²) < 4.78 is 40.3. The van der Waals surface area contributed by atoms with Gasteiger partial charge in [0.25, 0.3) is 0 Å². The third kappa shape index (κ3) is 3.51. The van der Waals surface area contributed by atoms with Crippen LogP contribution in [-0.4, -0.2) is 31.8 Å². The maximum absolute atomic E-state index is 14.3. The molecule has 1 heterocycles. The van der Waals surface area contributed by atoms with Crippen LogP contribution in [0, 0.1) is 12.7 Å². The van der Waals surface area contributed by atoms with Gasteiger partial charge in [0.1, 0.15) is 5.82 Å². The van der Waals surface area contributed by atoms with Crippen LogP contribution in [0.2, 0.25) is 5.02 Å². The third-order valence-corrected chi connectivity index (χ3v) is 7.27. The van der Waals surface area contributed by atoms with Crippen molar-refractivity contribution < 1.29 is 12.8 Å². The Kier molecular flexibility index (Phi) is 5.18. The molecule has 1 N–H and O–H groups in total. The van der Waals surface area contributed by atoms with Gasteiger partial charge in [0, 0.05) is 25.0 Å². The molecule has 1 aromatic heterocycles. The van der Waals surface area contributed by atoms with Crippen molar-refractivity contribution in [3.05, 3.63) is 77.1 Å². The zero-order valence-electron chi connectivity index (χ0n) is 16.7. The molecule has 0 bridgehead atoms. The first-order valence-corrected chi connectivity index (χ1v) is 11.1. The number of fused-ring (bicyclic) bond motifs is 1. The number of rotatable bonds is 4. The summed E-state index contributed by atoms with van der Waals surface area (Å²) in [6, 6.07) is 17.4. The Labute approximate surface area is 180 Å². The highest BCUT2D eigenvalue weighted by atomic mass is 35.5. The molecule has 0 aliphatic heterocycles. The minimum Gasteiger partial charge on any atom is -0.354 e. The van der Waals surface area contributed by atoms with Gasteiger partial charge in [-0.2, -0.15) is 0 Å². The highest BCUT2D eigenvalue weighted by Gasteiger charge is 2.18. The lowest BCUT2D eigenvalue weighted by atomic mass is 9.99. The normalized spacial score (nSPS) is 12.1. The van der Waals surface area contributed by atoms with E-state index in [0.717, 1.165) is 27.6 Å². The molecular formula is C23H20ClFN2O2S. The van der Waals surface area contributed by atoms with E-state index in [1.807, 2.05) is 37.3 Å². The van der Waals surface area contributed by atoms with Crippen molar-refractivity contribution in [2.24, 2.45) is 0 Å². The van der Waals surface area contributed by atoms with E-state index in [-0.39, 0.29) is 10.7 Å². The zero-order chi connectivity index (χ0) is 21.6. The van der Waals surface area contributed by atoms with Gasteiger partial charge in [0.2, 0.25) is 10.0 Å². The average Bonchev–Trinajstić information content (AvgIpc) is 3.10. The van der Waals surface area contributed by atoms with E-state index in [1.54, 1.807) is 24.3 Å². The summed E-state index contributed by atoms with van der Waals surface area (Å²) in [4.78, 5) is 3.48. The predicted molar refractivity (Wildman–Crippen MR) is 120 cm³/mol. The van der Waals surface area contributed by atoms with E-state index in [4.69, 9.17) is 11.6 Å². The monoisotopic (exact) mass is 442 g/mol. The number of hydrogen-bond donors (Lipinski definition) is 1. The fraction of sp³-hybridized carbons (Fsp3) is 0.130. The van der Waals surface area contributed by atoms with Crippen LogP contribution in [0.4, 0.5) is 4.39 Å². The topological polar surface area (TPSA) is 53.2 Å². The van der Waals surface area contributed by atoms with Gasteiger partial charge in [-0.1, -0.05) is 29.8 Å². The number of H-pyrrole nitrogens is 1. The lowest BCUT2D eigenvalue weighted by Crippen LogP contribution is -2.22. The van der Waals surface area contributed by atoms with Crippen molar-refractivity contribution in [3.63, 3.8) is 0 Å². The van der Waals surface area contributed by atoms with Crippen molar-refractivity contribution in [2.45, 2.75) is 11.8 Å². The molecule has 0 aliphatic carbocycles. The van der Waals surface area contributed by atoms with Gasteiger partial charge in [0.05, 0.1) is 21.2 Å². The van der Waals surface area contributed by atoms with Crippen LogP contribution in [0.15, 0.2) is 65.6 Å². The van der Waals surface area contributed by atoms with Gasteiger partial charge in [-0.15, -0.1) is 0 Å². The fourth-order valence-corrected chi connectivity index (χ4v) is 4.77. The summed E-state index contributed by atoms with van der Waals surface area (Å²) in [6.45, 7) is 1.88. The molecule has 30 heavy (non-hydrogen) atoms. The van der Waals surface area contributed by atoms with Gasteiger partial charge >= 0.3 is 0 Å². The van der Waals surface area contributed by atoms with Gasteiger partial charge < -0.3 is 4.98 Å². The Balaban J connectivity index is 1.78. The second kappa shape index (κ2) is 7.54. The number of aromatic amines is 1. The molecular weight excluding hydrogens is 423 g/mol.